The third-order valence-corrected chi connectivity index (χ3v) is 3.24. The minimum Gasteiger partial charge on any atom is -0.340 e. The Morgan fingerprint density at radius 1 is 1.56 bits per heavy atom. The van der Waals surface area contributed by atoms with Gasteiger partial charge in [-0.3, -0.25) is 4.79 Å². The molecule has 0 aliphatic carbocycles. The first-order valence-corrected chi connectivity index (χ1v) is 6.11. The maximum Gasteiger partial charge on any atom is 0.226 e. The highest BCUT2D eigenvalue weighted by atomic mass is 16.1. The summed E-state index contributed by atoms with van der Waals surface area (Å²) < 4.78 is 0. The zero-order chi connectivity index (χ0) is 13.1. The zero-order valence-electron chi connectivity index (χ0n) is 10.7. The third-order valence-electron chi connectivity index (χ3n) is 3.24. The minimum atomic E-state index is 0.0633. The maximum atomic E-state index is 11.4. The van der Waals surface area contributed by atoms with Crippen LogP contribution in [0.2, 0.25) is 0 Å². The van der Waals surface area contributed by atoms with E-state index in [4.69, 9.17) is 5.26 Å². The van der Waals surface area contributed by atoms with Gasteiger partial charge in [-0.15, -0.1) is 0 Å². The fourth-order valence-corrected chi connectivity index (χ4v) is 2.24. The molecule has 2 rings (SSSR count). The quantitative estimate of drug-likeness (QED) is 0.787. The van der Waals surface area contributed by atoms with Gasteiger partial charge in [0, 0.05) is 24.7 Å². The molecule has 0 amide bonds. The van der Waals surface area contributed by atoms with E-state index in [1.165, 1.54) is 0 Å². The van der Waals surface area contributed by atoms with Crippen molar-refractivity contribution < 1.29 is 4.79 Å². The van der Waals surface area contributed by atoms with E-state index in [2.05, 4.69) is 9.97 Å². The zero-order valence-corrected chi connectivity index (χ0v) is 10.7. The van der Waals surface area contributed by atoms with Gasteiger partial charge in [-0.2, -0.15) is 5.26 Å². The molecule has 1 fully saturated rings. The summed E-state index contributed by atoms with van der Waals surface area (Å²) in [5, 5.41) is 8.91. The van der Waals surface area contributed by atoms with E-state index in [1.807, 2.05) is 17.9 Å². The molecule has 1 aromatic heterocycles. The summed E-state index contributed by atoms with van der Waals surface area (Å²) in [5.41, 5.74) is 1.16. The first-order chi connectivity index (χ1) is 8.60. The lowest BCUT2D eigenvalue weighted by Crippen LogP contribution is -2.39. The molecule has 18 heavy (non-hydrogen) atoms. The number of aromatic nitrogens is 2. The number of hydrogen-bond acceptors (Lipinski definition) is 5. The van der Waals surface area contributed by atoms with Crippen LogP contribution >= 0.6 is 0 Å². The van der Waals surface area contributed by atoms with Crippen molar-refractivity contribution in [2.75, 3.05) is 18.0 Å². The molecule has 5 heteroatoms. The van der Waals surface area contributed by atoms with Gasteiger partial charge in [-0.25, -0.2) is 9.97 Å². The summed E-state index contributed by atoms with van der Waals surface area (Å²) in [4.78, 5) is 22.0. The second kappa shape index (κ2) is 5.13. The average molecular weight is 244 g/mol. The summed E-state index contributed by atoms with van der Waals surface area (Å²) in [6.07, 6.45) is 1.90. The van der Waals surface area contributed by atoms with Crippen LogP contribution in [0.15, 0.2) is 6.07 Å². The van der Waals surface area contributed by atoms with Gasteiger partial charge in [-0.1, -0.05) is 0 Å². The predicted molar refractivity (Wildman–Crippen MR) is 67.1 cm³/mol. The Morgan fingerprint density at radius 2 is 2.33 bits per heavy atom. The molecule has 0 radical (unpaired) electrons. The lowest BCUT2D eigenvalue weighted by atomic mass is 9.95. The van der Waals surface area contributed by atoms with Crippen molar-refractivity contribution in [2.24, 2.45) is 5.92 Å². The van der Waals surface area contributed by atoms with Crippen molar-refractivity contribution in [3.63, 3.8) is 0 Å². The van der Waals surface area contributed by atoms with Gasteiger partial charge in [0.2, 0.25) is 5.95 Å². The average Bonchev–Trinajstić information content (AvgIpc) is 2.38. The van der Waals surface area contributed by atoms with E-state index in [1.54, 1.807) is 13.0 Å². The fourth-order valence-electron chi connectivity index (χ4n) is 2.24. The number of Topliss-reactive ketones (excluding diaryl/α,β-unsaturated/α-hetero) is 1. The van der Waals surface area contributed by atoms with E-state index in [-0.39, 0.29) is 11.7 Å². The molecule has 2 heterocycles. The van der Waals surface area contributed by atoms with Crippen LogP contribution in [-0.2, 0) is 4.79 Å². The highest BCUT2D eigenvalue weighted by Gasteiger charge is 2.24. The Kier molecular flexibility index (Phi) is 3.56. The normalized spacial score (nSPS) is 19.4. The van der Waals surface area contributed by atoms with Gasteiger partial charge in [0.1, 0.15) is 17.5 Å². The summed E-state index contributed by atoms with van der Waals surface area (Å²) in [6, 6.07) is 3.70. The summed E-state index contributed by atoms with van der Waals surface area (Å²) in [5.74, 6) is 0.846. The molecule has 1 atom stereocenters. The standard InChI is InChI=1S/C13H16N4O/c1-9-6-12(7-14)16-13(15-9)17-5-3-4-11(8-17)10(2)18/h6,11H,3-5,8H2,1-2H3. The van der Waals surface area contributed by atoms with Crippen molar-refractivity contribution in [3.8, 4) is 6.07 Å². The highest BCUT2D eigenvalue weighted by molar-refractivity contribution is 5.79. The molecule has 94 valence electrons. The number of carbonyl (C=O) groups excluding carboxylic acids is 1. The molecule has 1 unspecified atom stereocenters. The summed E-state index contributed by atoms with van der Waals surface area (Å²) in [6.45, 7) is 4.98. The number of rotatable bonds is 2. The van der Waals surface area contributed by atoms with Crippen LogP contribution in [0.3, 0.4) is 0 Å². The van der Waals surface area contributed by atoms with Crippen LogP contribution in [0.25, 0.3) is 0 Å². The Morgan fingerprint density at radius 3 is 3.00 bits per heavy atom. The molecule has 1 aromatic rings. The van der Waals surface area contributed by atoms with E-state index in [0.717, 1.165) is 25.1 Å². The molecule has 1 aliphatic heterocycles. The van der Waals surface area contributed by atoms with Crippen molar-refractivity contribution >= 4 is 11.7 Å². The van der Waals surface area contributed by atoms with E-state index >= 15 is 0 Å². The lowest BCUT2D eigenvalue weighted by molar-refractivity contribution is -0.120. The summed E-state index contributed by atoms with van der Waals surface area (Å²) >= 11 is 0. The molecular weight excluding hydrogens is 228 g/mol. The molecule has 5 nitrogen and oxygen atoms in total. The maximum absolute atomic E-state index is 11.4. The number of hydrogen-bond donors (Lipinski definition) is 0. The van der Waals surface area contributed by atoms with Gasteiger partial charge in [0.25, 0.3) is 0 Å². The second-order valence-electron chi connectivity index (χ2n) is 4.70. The summed E-state index contributed by atoms with van der Waals surface area (Å²) in [7, 11) is 0. The highest BCUT2D eigenvalue weighted by Crippen LogP contribution is 2.21. The number of nitriles is 1. The van der Waals surface area contributed by atoms with Gasteiger partial charge in [-0.05, 0) is 32.8 Å². The molecule has 1 aliphatic rings. The fraction of sp³-hybridized carbons (Fsp3) is 0.538. The third kappa shape index (κ3) is 2.65. The first-order valence-electron chi connectivity index (χ1n) is 6.11. The van der Waals surface area contributed by atoms with E-state index in [9.17, 15) is 4.79 Å². The lowest BCUT2D eigenvalue weighted by Gasteiger charge is -2.31. The largest absolute Gasteiger partial charge is 0.340 e. The molecular formula is C13H16N4O. The van der Waals surface area contributed by atoms with Crippen molar-refractivity contribution in [1.82, 2.24) is 9.97 Å². The monoisotopic (exact) mass is 244 g/mol. The smallest absolute Gasteiger partial charge is 0.226 e. The van der Waals surface area contributed by atoms with Crippen LogP contribution in [-0.4, -0.2) is 28.8 Å². The molecule has 0 bridgehead atoms. The van der Waals surface area contributed by atoms with Crippen molar-refractivity contribution in [3.05, 3.63) is 17.5 Å². The first kappa shape index (κ1) is 12.5. The molecule has 0 aromatic carbocycles. The Balaban J connectivity index is 2.23. The van der Waals surface area contributed by atoms with Crippen LogP contribution in [0.4, 0.5) is 5.95 Å². The Bertz CT molecular complexity index is 506. The van der Waals surface area contributed by atoms with E-state index in [0.29, 0.717) is 18.2 Å². The van der Waals surface area contributed by atoms with Gasteiger partial charge >= 0.3 is 0 Å². The van der Waals surface area contributed by atoms with Crippen molar-refractivity contribution in [2.45, 2.75) is 26.7 Å². The van der Waals surface area contributed by atoms with Crippen LogP contribution in [0.1, 0.15) is 31.2 Å². The number of piperidine rings is 1. The molecule has 0 spiro atoms. The van der Waals surface area contributed by atoms with Gasteiger partial charge < -0.3 is 4.90 Å². The molecule has 0 N–H and O–H groups in total. The van der Waals surface area contributed by atoms with Gasteiger partial charge in [0.05, 0.1) is 0 Å². The SMILES string of the molecule is CC(=O)C1CCCN(c2nc(C)cc(C#N)n2)C1. The topological polar surface area (TPSA) is 69.9 Å². The number of aryl methyl sites for hydroxylation is 1. The minimum absolute atomic E-state index is 0.0633. The van der Waals surface area contributed by atoms with E-state index < -0.39 is 0 Å². The van der Waals surface area contributed by atoms with Crippen molar-refractivity contribution in [1.29, 1.82) is 5.26 Å². The molecule has 1 saturated heterocycles. The number of carbonyl (C=O) groups is 1. The number of nitrogens with zero attached hydrogens (tertiary/aromatic N) is 4. The predicted octanol–water partition coefficient (Wildman–Crippen LogP) is 1.46. The Labute approximate surface area is 106 Å². The Hall–Kier alpha value is -1.96. The van der Waals surface area contributed by atoms with Crippen LogP contribution in [0, 0.1) is 24.2 Å². The number of anilines is 1. The number of ketones is 1. The van der Waals surface area contributed by atoms with Gasteiger partial charge in [0.15, 0.2) is 0 Å². The molecule has 0 saturated carbocycles. The van der Waals surface area contributed by atoms with Crippen LogP contribution < -0.4 is 4.90 Å². The second-order valence-corrected chi connectivity index (χ2v) is 4.70. The van der Waals surface area contributed by atoms with Crippen LogP contribution in [0.5, 0.6) is 0 Å².